The third kappa shape index (κ3) is 3.00. The van der Waals surface area contributed by atoms with E-state index in [0.717, 1.165) is 16.3 Å². The summed E-state index contributed by atoms with van der Waals surface area (Å²) in [6.45, 7) is 2.54. The van der Waals surface area contributed by atoms with E-state index in [1.54, 1.807) is 18.3 Å². The zero-order chi connectivity index (χ0) is 10.7. The van der Waals surface area contributed by atoms with Crippen LogP contribution in [0, 0.1) is 6.92 Å². The van der Waals surface area contributed by atoms with Gasteiger partial charge in [0.05, 0.1) is 0 Å². The quantitative estimate of drug-likeness (QED) is 0.935. The minimum absolute atomic E-state index is 0.649. The Morgan fingerprint density at radius 3 is 3.00 bits per heavy atom. The second-order valence-corrected chi connectivity index (χ2v) is 4.56. The summed E-state index contributed by atoms with van der Waals surface area (Å²) in [4.78, 5) is 8.31. The summed E-state index contributed by atoms with van der Waals surface area (Å²) in [7, 11) is 0. The van der Waals surface area contributed by atoms with Crippen LogP contribution >= 0.6 is 27.3 Å². The van der Waals surface area contributed by atoms with Crippen LogP contribution < -0.4 is 5.32 Å². The molecule has 80 valence electrons. The molecule has 0 unspecified atom stereocenters. The molecule has 0 aliphatic rings. The van der Waals surface area contributed by atoms with E-state index in [4.69, 9.17) is 4.52 Å². The predicted octanol–water partition coefficient (Wildman–Crippen LogP) is 2.25. The van der Waals surface area contributed by atoms with Gasteiger partial charge in [-0.1, -0.05) is 5.16 Å². The molecule has 7 heteroatoms. The molecule has 0 bridgehead atoms. The number of hydrogen-bond donors (Lipinski definition) is 1. The molecule has 0 spiro atoms. The summed E-state index contributed by atoms with van der Waals surface area (Å²) < 4.78 is 5.83. The molecule has 5 nitrogen and oxygen atoms in total. The van der Waals surface area contributed by atoms with Crippen molar-refractivity contribution in [1.82, 2.24) is 15.1 Å². The van der Waals surface area contributed by atoms with E-state index < -0.39 is 0 Å². The van der Waals surface area contributed by atoms with Gasteiger partial charge in [-0.15, -0.1) is 11.3 Å². The number of anilines is 1. The molecule has 15 heavy (non-hydrogen) atoms. The number of aryl methyl sites for hydroxylation is 1. The van der Waals surface area contributed by atoms with Crippen molar-refractivity contribution in [3.05, 3.63) is 21.7 Å². The molecule has 0 saturated heterocycles. The zero-order valence-corrected chi connectivity index (χ0v) is 10.4. The third-order valence-electron chi connectivity index (χ3n) is 1.66. The number of hydrogen-bond acceptors (Lipinski definition) is 6. The normalized spacial score (nSPS) is 10.5. The first-order chi connectivity index (χ1) is 7.24. The molecule has 2 aromatic rings. The molecule has 0 saturated carbocycles. The van der Waals surface area contributed by atoms with E-state index in [9.17, 15) is 0 Å². The number of nitrogens with zero attached hydrogens (tertiary/aromatic N) is 3. The van der Waals surface area contributed by atoms with E-state index in [1.807, 2.05) is 5.38 Å². The second-order valence-electron chi connectivity index (χ2n) is 2.89. The molecule has 0 atom stereocenters. The van der Waals surface area contributed by atoms with Gasteiger partial charge in [0.25, 0.3) is 0 Å². The maximum Gasteiger partial charge on any atom is 0.228 e. The predicted molar refractivity (Wildman–Crippen MR) is 61.0 cm³/mol. The molecular weight excluding hydrogens is 280 g/mol. The van der Waals surface area contributed by atoms with Gasteiger partial charge < -0.3 is 9.84 Å². The Balaban J connectivity index is 1.80. The first-order valence-corrected chi connectivity index (χ1v) is 6.05. The minimum Gasteiger partial charge on any atom is -0.361 e. The largest absolute Gasteiger partial charge is 0.361 e. The summed E-state index contributed by atoms with van der Waals surface area (Å²) in [5.74, 6) is 1.32. The van der Waals surface area contributed by atoms with Crippen molar-refractivity contribution in [2.24, 2.45) is 0 Å². The maximum atomic E-state index is 4.98. The summed E-state index contributed by atoms with van der Waals surface area (Å²) >= 11 is 4.84. The number of thiazole rings is 1. The Morgan fingerprint density at radius 1 is 1.53 bits per heavy atom. The highest BCUT2D eigenvalue weighted by atomic mass is 79.9. The average molecular weight is 289 g/mol. The molecular formula is C8H9BrN4OS. The van der Waals surface area contributed by atoms with Crippen LogP contribution in [0.2, 0.25) is 0 Å². The first kappa shape index (κ1) is 10.6. The van der Waals surface area contributed by atoms with Crippen LogP contribution in [-0.2, 0) is 6.42 Å². The van der Waals surface area contributed by atoms with E-state index in [-0.39, 0.29) is 0 Å². The highest BCUT2D eigenvalue weighted by Crippen LogP contribution is 2.19. The number of nitrogens with one attached hydrogen (secondary N) is 1. The topological polar surface area (TPSA) is 63.8 Å². The number of rotatable bonds is 4. The molecule has 0 fully saturated rings. The van der Waals surface area contributed by atoms with Crippen LogP contribution in [0.15, 0.2) is 14.5 Å². The van der Waals surface area contributed by atoms with Gasteiger partial charge >= 0.3 is 0 Å². The minimum atomic E-state index is 0.649. The van der Waals surface area contributed by atoms with Crippen LogP contribution in [0.25, 0.3) is 0 Å². The van der Waals surface area contributed by atoms with E-state index in [1.165, 1.54) is 0 Å². The van der Waals surface area contributed by atoms with Gasteiger partial charge in [-0.3, -0.25) is 0 Å². The van der Waals surface area contributed by atoms with E-state index in [2.05, 4.69) is 36.4 Å². The standard InChI is InChI=1S/C8H9BrN4OS/c1-5-11-7(14-13-5)2-3-10-8-12-6(9)4-15-8/h4H,2-3H2,1H3,(H,10,12). The van der Waals surface area contributed by atoms with Crippen LogP contribution in [0.5, 0.6) is 0 Å². The fourth-order valence-corrected chi connectivity index (χ4v) is 2.23. The summed E-state index contributed by atoms with van der Waals surface area (Å²) in [6.07, 6.45) is 0.706. The van der Waals surface area contributed by atoms with E-state index in [0.29, 0.717) is 18.1 Å². The smallest absolute Gasteiger partial charge is 0.228 e. The lowest BCUT2D eigenvalue weighted by Gasteiger charge is -1.97. The molecule has 2 rings (SSSR count). The van der Waals surface area contributed by atoms with Gasteiger partial charge in [0.15, 0.2) is 11.0 Å². The lowest BCUT2D eigenvalue weighted by Crippen LogP contribution is -2.04. The monoisotopic (exact) mass is 288 g/mol. The first-order valence-electron chi connectivity index (χ1n) is 4.38. The fraction of sp³-hybridized carbons (Fsp3) is 0.375. The van der Waals surface area contributed by atoms with Crippen molar-refractivity contribution >= 4 is 32.4 Å². The van der Waals surface area contributed by atoms with Crippen LogP contribution in [-0.4, -0.2) is 21.7 Å². The van der Waals surface area contributed by atoms with Crippen molar-refractivity contribution in [2.75, 3.05) is 11.9 Å². The van der Waals surface area contributed by atoms with Crippen molar-refractivity contribution in [1.29, 1.82) is 0 Å². The third-order valence-corrected chi connectivity index (χ3v) is 3.17. The van der Waals surface area contributed by atoms with Crippen LogP contribution in [0.1, 0.15) is 11.7 Å². The van der Waals surface area contributed by atoms with E-state index >= 15 is 0 Å². The summed E-state index contributed by atoms with van der Waals surface area (Å²) in [6, 6.07) is 0. The van der Waals surface area contributed by atoms with Crippen molar-refractivity contribution in [3.63, 3.8) is 0 Å². The summed E-state index contributed by atoms with van der Waals surface area (Å²) in [5, 5.41) is 9.70. The van der Waals surface area contributed by atoms with Gasteiger partial charge in [0.1, 0.15) is 4.60 Å². The lowest BCUT2D eigenvalue weighted by molar-refractivity contribution is 0.377. The molecule has 0 amide bonds. The molecule has 0 aliphatic heterocycles. The molecule has 2 aromatic heterocycles. The molecule has 2 heterocycles. The molecule has 0 aliphatic carbocycles. The summed E-state index contributed by atoms with van der Waals surface area (Å²) in [5.41, 5.74) is 0. The second kappa shape index (κ2) is 4.71. The van der Waals surface area contributed by atoms with Gasteiger partial charge in [-0.2, -0.15) is 4.98 Å². The highest BCUT2D eigenvalue weighted by Gasteiger charge is 2.03. The SMILES string of the molecule is Cc1noc(CCNc2nc(Br)cs2)n1. The molecule has 0 radical (unpaired) electrons. The van der Waals surface area contributed by atoms with Crippen LogP contribution in [0.3, 0.4) is 0 Å². The number of halogens is 1. The Bertz CT molecular complexity index is 401. The Hall–Kier alpha value is -0.950. The van der Waals surface area contributed by atoms with Crippen LogP contribution in [0.4, 0.5) is 5.13 Å². The van der Waals surface area contributed by atoms with Gasteiger partial charge in [-0.25, -0.2) is 4.98 Å². The fourth-order valence-electron chi connectivity index (χ4n) is 1.05. The number of aromatic nitrogens is 3. The van der Waals surface area contributed by atoms with Crippen molar-refractivity contribution in [3.8, 4) is 0 Å². The van der Waals surface area contributed by atoms with Gasteiger partial charge in [0.2, 0.25) is 5.89 Å². The highest BCUT2D eigenvalue weighted by molar-refractivity contribution is 9.10. The maximum absolute atomic E-state index is 4.98. The zero-order valence-electron chi connectivity index (χ0n) is 8.03. The van der Waals surface area contributed by atoms with Gasteiger partial charge in [-0.05, 0) is 22.9 Å². The Labute approximate surface area is 99.0 Å². The van der Waals surface area contributed by atoms with Crippen molar-refractivity contribution < 1.29 is 4.52 Å². The lowest BCUT2D eigenvalue weighted by atomic mass is 10.4. The van der Waals surface area contributed by atoms with Gasteiger partial charge in [0, 0.05) is 18.3 Å². The Morgan fingerprint density at radius 2 is 2.40 bits per heavy atom. The molecule has 1 N–H and O–H groups in total. The van der Waals surface area contributed by atoms with Crippen molar-refractivity contribution in [2.45, 2.75) is 13.3 Å². The molecule has 0 aromatic carbocycles. The Kier molecular flexibility index (Phi) is 3.32. The average Bonchev–Trinajstić information content (AvgIpc) is 2.76.